The molecule has 188 valence electrons. The molecule has 2 saturated carbocycles. The quantitative estimate of drug-likeness (QED) is 0.269. The number of fused-ring (bicyclic) bond motifs is 2. The highest BCUT2D eigenvalue weighted by Crippen LogP contribution is 2.49. The molecule has 2 aliphatic carbocycles. The summed E-state index contributed by atoms with van der Waals surface area (Å²) in [5.41, 5.74) is 0.824. The molecule has 1 nitrogen and oxygen atoms in total. The van der Waals surface area contributed by atoms with Gasteiger partial charge in [0, 0.05) is 0 Å². The molecule has 6 heteroatoms. The van der Waals surface area contributed by atoms with Crippen LogP contribution < -0.4 is 4.74 Å². The minimum atomic E-state index is -5.03. The SMILES string of the molecule is CCCCCCC[C@@H]1CC[C@@H]2CC(c3cc(F)c4c(F)c(OC(F)(F)F)ccc4c3)CCC2C1. The molecule has 0 bridgehead atoms. The number of alkyl halides is 3. The Morgan fingerprint density at radius 1 is 0.882 bits per heavy atom. The largest absolute Gasteiger partial charge is 0.573 e. The molecule has 0 aromatic heterocycles. The molecule has 0 aliphatic heterocycles. The van der Waals surface area contributed by atoms with E-state index < -0.39 is 29.1 Å². The van der Waals surface area contributed by atoms with E-state index in [2.05, 4.69) is 11.7 Å². The van der Waals surface area contributed by atoms with Crippen molar-refractivity contribution in [2.45, 2.75) is 96.3 Å². The Kier molecular flexibility index (Phi) is 8.04. The first-order valence-electron chi connectivity index (χ1n) is 12.9. The van der Waals surface area contributed by atoms with Crippen molar-refractivity contribution in [2.75, 3.05) is 0 Å². The number of halogens is 5. The van der Waals surface area contributed by atoms with Gasteiger partial charge in [-0.15, -0.1) is 13.2 Å². The van der Waals surface area contributed by atoms with Gasteiger partial charge in [-0.05, 0) is 78.9 Å². The lowest BCUT2D eigenvalue weighted by Crippen LogP contribution is -2.30. The van der Waals surface area contributed by atoms with Crippen molar-refractivity contribution in [3.63, 3.8) is 0 Å². The summed E-state index contributed by atoms with van der Waals surface area (Å²) < 4.78 is 70.7. The van der Waals surface area contributed by atoms with E-state index in [1.807, 2.05) is 0 Å². The van der Waals surface area contributed by atoms with Crippen LogP contribution in [0.1, 0.15) is 95.5 Å². The van der Waals surface area contributed by atoms with Crippen molar-refractivity contribution in [3.8, 4) is 5.75 Å². The molecular formula is C28H35F5O. The Labute approximate surface area is 199 Å². The van der Waals surface area contributed by atoms with Gasteiger partial charge in [-0.2, -0.15) is 0 Å². The van der Waals surface area contributed by atoms with Gasteiger partial charge < -0.3 is 4.74 Å². The summed E-state index contributed by atoms with van der Waals surface area (Å²) in [4.78, 5) is 0. The molecule has 0 spiro atoms. The van der Waals surface area contributed by atoms with Crippen molar-refractivity contribution in [3.05, 3.63) is 41.5 Å². The van der Waals surface area contributed by atoms with Gasteiger partial charge in [0.2, 0.25) is 0 Å². The number of benzene rings is 2. The van der Waals surface area contributed by atoms with Gasteiger partial charge in [0.25, 0.3) is 0 Å². The van der Waals surface area contributed by atoms with Gasteiger partial charge >= 0.3 is 6.36 Å². The summed E-state index contributed by atoms with van der Waals surface area (Å²) >= 11 is 0. The summed E-state index contributed by atoms with van der Waals surface area (Å²) in [6, 6.07) is 5.29. The predicted octanol–water partition coefficient (Wildman–Crippen LogP) is 9.68. The molecule has 2 aromatic rings. The van der Waals surface area contributed by atoms with E-state index in [1.54, 1.807) is 6.07 Å². The first-order chi connectivity index (χ1) is 16.2. The summed E-state index contributed by atoms with van der Waals surface area (Å²) in [5.74, 6) is -0.700. The maximum atomic E-state index is 14.9. The highest BCUT2D eigenvalue weighted by atomic mass is 19.4. The molecule has 2 fully saturated rings. The van der Waals surface area contributed by atoms with E-state index in [9.17, 15) is 22.0 Å². The second kappa shape index (κ2) is 10.8. The molecule has 0 N–H and O–H groups in total. The van der Waals surface area contributed by atoms with E-state index in [4.69, 9.17) is 0 Å². The minimum Gasteiger partial charge on any atom is -0.403 e. The highest BCUT2D eigenvalue weighted by molar-refractivity contribution is 5.86. The zero-order chi connectivity index (χ0) is 24.3. The second-order valence-corrected chi connectivity index (χ2v) is 10.4. The monoisotopic (exact) mass is 482 g/mol. The number of rotatable bonds is 8. The van der Waals surface area contributed by atoms with Gasteiger partial charge in [0.15, 0.2) is 11.6 Å². The van der Waals surface area contributed by atoms with Gasteiger partial charge in [-0.1, -0.05) is 64.0 Å². The highest BCUT2D eigenvalue weighted by Gasteiger charge is 2.36. The first kappa shape index (κ1) is 25.2. The maximum Gasteiger partial charge on any atom is 0.573 e. The van der Waals surface area contributed by atoms with Crippen LogP contribution in [0.5, 0.6) is 5.75 Å². The molecule has 0 saturated heterocycles. The topological polar surface area (TPSA) is 9.23 Å². The van der Waals surface area contributed by atoms with Crippen LogP contribution >= 0.6 is 0 Å². The predicted molar refractivity (Wildman–Crippen MR) is 125 cm³/mol. The van der Waals surface area contributed by atoms with Crippen molar-refractivity contribution < 1.29 is 26.7 Å². The third kappa shape index (κ3) is 6.04. The lowest BCUT2D eigenvalue weighted by atomic mass is 9.63. The number of hydrogen-bond acceptors (Lipinski definition) is 1. The maximum absolute atomic E-state index is 14.9. The van der Waals surface area contributed by atoms with Crippen LogP contribution in [0.3, 0.4) is 0 Å². The Balaban J connectivity index is 1.40. The summed E-state index contributed by atoms with van der Waals surface area (Å²) in [7, 11) is 0. The standard InChI is InChI=1S/C28H35F5O/c1-2-3-4-5-6-7-18-8-9-20-15-21(11-10-19(20)14-18)23-16-22-12-13-25(34-28(31,32)33)27(30)26(22)24(29)17-23/h12-13,16-21H,2-11,14-15H2,1H3/t18-,19?,20-,21?/m1/s1. The average Bonchev–Trinajstić information content (AvgIpc) is 2.79. The van der Waals surface area contributed by atoms with Crippen LogP contribution in [0, 0.1) is 29.4 Å². The third-order valence-corrected chi connectivity index (χ3v) is 8.13. The van der Waals surface area contributed by atoms with E-state index in [0.717, 1.165) is 42.7 Å². The lowest BCUT2D eigenvalue weighted by Gasteiger charge is -2.42. The van der Waals surface area contributed by atoms with Gasteiger partial charge in [-0.25, -0.2) is 8.78 Å². The number of ether oxygens (including phenoxy) is 1. The average molecular weight is 483 g/mol. The number of unbranched alkanes of at least 4 members (excludes halogenated alkanes) is 4. The molecule has 0 amide bonds. The fourth-order valence-electron chi connectivity index (χ4n) is 6.40. The van der Waals surface area contributed by atoms with Crippen LogP contribution in [0.4, 0.5) is 22.0 Å². The van der Waals surface area contributed by atoms with Crippen LogP contribution in [-0.4, -0.2) is 6.36 Å². The van der Waals surface area contributed by atoms with Gasteiger partial charge in [0.05, 0.1) is 5.39 Å². The molecule has 2 unspecified atom stereocenters. The van der Waals surface area contributed by atoms with Crippen molar-refractivity contribution in [1.29, 1.82) is 0 Å². The molecule has 0 radical (unpaired) electrons. The van der Waals surface area contributed by atoms with E-state index in [0.29, 0.717) is 5.92 Å². The van der Waals surface area contributed by atoms with Gasteiger partial charge in [-0.3, -0.25) is 0 Å². The lowest BCUT2D eigenvalue weighted by molar-refractivity contribution is -0.275. The molecular weight excluding hydrogens is 447 g/mol. The van der Waals surface area contributed by atoms with Crippen molar-refractivity contribution in [2.24, 2.45) is 17.8 Å². The summed E-state index contributed by atoms with van der Waals surface area (Å²) in [6.45, 7) is 2.24. The van der Waals surface area contributed by atoms with E-state index in [1.165, 1.54) is 69.9 Å². The molecule has 4 atom stereocenters. The number of hydrogen-bond donors (Lipinski definition) is 0. The normalized spacial score (nSPS) is 25.4. The van der Waals surface area contributed by atoms with Crippen molar-refractivity contribution in [1.82, 2.24) is 0 Å². The zero-order valence-corrected chi connectivity index (χ0v) is 19.9. The molecule has 4 rings (SSSR count). The molecule has 0 heterocycles. The van der Waals surface area contributed by atoms with Gasteiger partial charge in [0.1, 0.15) is 5.82 Å². The summed E-state index contributed by atoms with van der Waals surface area (Å²) in [5, 5.41) is -0.172. The van der Waals surface area contributed by atoms with E-state index in [-0.39, 0.29) is 11.3 Å². The molecule has 2 aliphatic rings. The van der Waals surface area contributed by atoms with Crippen LogP contribution in [-0.2, 0) is 0 Å². The Morgan fingerprint density at radius 3 is 2.38 bits per heavy atom. The Morgan fingerprint density at radius 2 is 1.62 bits per heavy atom. The smallest absolute Gasteiger partial charge is 0.403 e. The Hall–Kier alpha value is -1.85. The second-order valence-electron chi connectivity index (χ2n) is 10.4. The zero-order valence-electron chi connectivity index (χ0n) is 19.9. The fraction of sp³-hybridized carbons (Fsp3) is 0.643. The minimum absolute atomic E-state index is 0.208. The molecule has 2 aromatic carbocycles. The molecule has 34 heavy (non-hydrogen) atoms. The van der Waals surface area contributed by atoms with Crippen molar-refractivity contribution >= 4 is 10.8 Å². The van der Waals surface area contributed by atoms with Crippen LogP contribution in [0.2, 0.25) is 0 Å². The van der Waals surface area contributed by atoms with E-state index >= 15 is 0 Å². The van der Waals surface area contributed by atoms with Crippen LogP contribution in [0.25, 0.3) is 10.8 Å². The fourth-order valence-corrected chi connectivity index (χ4v) is 6.40. The first-order valence-corrected chi connectivity index (χ1v) is 12.9. The van der Waals surface area contributed by atoms with Crippen LogP contribution in [0.15, 0.2) is 24.3 Å². The Bertz CT molecular complexity index is 969. The third-order valence-electron chi connectivity index (χ3n) is 8.13. The summed E-state index contributed by atoms with van der Waals surface area (Å²) in [6.07, 6.45) is 9.90.